The molecule has 0 spiro atoms. The second kappa shape index (κ2) is 8.39. The van der Waals surface area contributed by atoms with Crippen LogP contribution in [0.4, 0.5) is 18.9 Å². The summed E-state index contributed by atoms with van der Waals surface area (Å²) in [7, 11) is 0. The second-order valence-corrected chi connectivity index (χ2v) is 6.66. The molecule has 26 heavy (non-hydrogen) atoms. The van der Waals surface area contributed by atoms with Crippen LogP contribution in [0.1, 0.15) is 18.4 Å². The van der Waals surface area contributed by atoms with Crippen molar-refractivity contribution in [2.75, 3.05) is 18.8 Å². The van der Waals surface area contributed by atoms with Crippen LogP contribution in [0.15, 0.2) is 23.1 Å². The lowest BCUT2D eigenvalue weighted by Gasteiger charge is -2.09. The summed E-state index contributed by atoms with van der Waals surface area (Å²) in [6.07, 6.45) is -2.93. The van der Waals surface area contributed by atoms with Crippen LogP contribution in [0, 0.1) is 16.0 Å². The SMILES string of the molecule is O=C(CSc1ccc(C(F)(F)F)cc1[N+](=O)[O-])NCCNC(=O)C1CC1. The lowest BCUT2D eigenvalue weighted by atomic mass is 10.2. The number of nitrogens with one attached hydrogen (secondary N) is 2. The minimum Gasteiger partial charge on any atom is -0.354 e. The van der Waals surface area contributed by atoms with Crippen LogP contribution in [0.2, 0.25) is 0 Å². The normalized spacial score (nSPS) is 14.0. The molecule has 11 heteroatoms. The highest BCUT2D eigenvalue weighted by Crippen LogP contribution is 2.36. The van der Waals surface area contributed by atoms with E-state index in [0.29, 0.717) is 6.07 Å². The van der Waals surface area contributed by atoms with E-state index in [1.165, 1.54) is 0 Å². The number of halogens is 3. The average Bonchev–Trinajstić information content (AvgIpc) is 3.40. The second-order valence-electron chi connectivity index (χ2n) is 5.64. The molecule has 1 aromatic carbocycles. The largest absolute Gasteiger partial charge is 0.416 e. The molecule has 2 rings (SSSR count). The molecular formula is C15H16F3N3O4S. The number of hydrogen-bond acceptors (Lipinski definition) is 5. The first kappa shape index (κ1) is 20.0. The summed E-state index contributed by atoms with van der Waals surface area (Å²) < 4.78 is 37.9. The Bertz CT molecular complexity index is 708. The number of amides is 2. The summed E-state index contributed by atoms with van der Waals surface area (Å²) in [5.74, 6) is -0.608. The molecule has 0 radical (unpaired) electrons. The fourth-order valence-electron chi connectivity index (χ4n) is 2.03. The average molecular weight is 391 g/mol. The van der Waals surface area contributed by atoms with Gasteiger partial charge in [-0.1, -0.05) is 0 Å². The van der Waals surface area contributed by atoms with Gasteiger partial charge >= 0.3 is 6.18 Å². The van der Waals surface area contributed by atoms with Gasteiger partial charge in [-0.25, -0.2) is 0 Å². The number of hydrogen-bond donors (Lipinski definition) is 2. The van der Waals surface area contributed by atoms with Crippen molar-refractivity contribution in [3.8, 4) is 0 Å². The Labute approximate surface area is 150 Å². The van der Waals surface area contributed by atoms with E-state index >= 15 is 0 Å². The Morgan fingerprint density at radius 3 is 2.46 bits per heavy atom. The van der Waals surface area contributed by atoms with Crippen molar-refractivity contribution in [2.24, 2.45) is 5.92 Å². The van der Waals surface area contributed by atoms with Gasteiger partial charge in [-0.2, -0.15) is 13.2 Å². The van der Waals surface area contributed by atoms with Gasteiger partial charge in [0.05, 0.1) is 21.1 Å². The van der Waals surface area contributed by atoms with Crippen LogP contribution < -0.4 is 10.6 Å². The maximum Gasteiger partial charge on any atom is 0.416 e. The predicted molar refractivity (Wildman–Crippen MR) is 87.6 cm³/mol. The Kier molecular flexibility index (Phi) is 6.46. The van der Waals surface area contributed by atoms with Crippen molar-refractivity contribution in [1.82, 2.24) is 10.6 Å². The molecule has 0 saturated heterocycles. The number of carbonyl (C=O) groups is 2. The van der Waals surface area contributed by atoms with Gasteiger partial charge in [0.15, 0.2) is 0 Å². The van der Waals surface area contributed by atoms with E-state index in [4.69, 9.17) is 0 Å². The zero-order valence-electron chi connectivity index (χ0n) is 13.5. The highest BCUT2D eigenvalue weighted by atomic mass is 32.2. The molecule has 142 valence electrons. The molecular weight excluding hydrogens is 375 g/mol. The van der Waals surface area contributed by atoms with Gasteiger partial charge < -0.3 is 10.6 Å². The molecule has 0 aromatic heterocycles. The first-order valence-electron chi connectivity index (χ1n) is 7.71. The van der Waals surface area contributed by atoms with E-state index < -0.39 is 28.3 Å². The number of nitro benzene ring substituents is 1. The van der Waals surface area contributed by atoms with Crippen LogP contribution >= 0.6 is 11.8 Å². The molecule has 0 aliphatic heterocycles. The summed E-state index contributed by atoms with van der Waals surface area (Å²) in [5.41, 5.74) is -1.82. The highest BCUT2D eigenvalue weighted by molar-refractivity contribution is 8.00. The van der Waals surface area contributed by atoms with Gasteiger partial charge in [0.25, 0.3) is 5.69 Å². The number of alkyl halides is 3. The Balaban J connectivity index is 1.82. The predicted octanol–water partition coefficient (Wildman–Crippen LogP) is 2.35. The molecule has 0 heterocycles. The molecule has 2 N–H and O–H groups in total. The van der Waals surface area contributed by atoms with E-state index in [2.05, 4.69) is 10.6 Å². The molecule has 7 nitrogen and oxygen atoms in total. The fraction of sp³-hybridized carbons (Fsp3) is 0.467. The maximum atomic E-state index is 12.6. The summed E-state index contributed by atoms with van der Waals surface area (Å²) in [6, 6.07) is 2.17. The third kappa shape index (κ3) is 5.90. The number of thioether (sulfide) groups is 1. The summed E-state index contributed by atoms with van der Waals surface area (Å²) >= 11 is 0.774. The fourth-order valence-corrected chi connectivity index (χ4v) is 2.86. The van der Waals surface area contributed by atoms with Crippen LogP contribution in [0.3, 0.4) is 0 Å². The summed E-state index contributed by atoms with van der Waals surface area (Å²) in [6.45, 7) is 0.471. The minimum atomic E-state index is -4.68. The Morgan fingerprint density at radius 1 is 1.23 bits per heavy atom. The summed E-state index contributed by atoms with van der Waals surface area (Å²) in [4.78, 5) is 33.1. The van der Waals surface area contributed by atoms with Gasteiger partial charge in [-0.15, -0.1) is 11.8 Å². The van der Waals surface area contributed by atoms with E-state index in [1.54, 1.807) is 0 Å². The van der Waals surface area contributed by atoms with Crippen LogP contribution in [-0.4, -0.2) is 35.6 Å². The van der Waals surface area contributed by atoms with Crippen LogP contribution in [-0.2, 0) is 15.8 Å². The third-order valence-corrected chi connectivity index (χ3v) is 4.60. The van der Waals surface area contributed by atoms with Crippen LogP contribution in [0.25, 0.3) is 0 Å². The van der Waals surface area contributed by atoms with Crippen molar-refractivity contribution >= 4 is 29.3 Å². The van der Waals surface area contributed by atoms with E-state index in [9.17, 15) is 32.9 Å². The number of benzene rings is 1. The van der Waals surface area contributed by atoms with Gasteiger partial charge in [-0.3, -0.25) is 19.7 Å². The molecule has 1 aliphatic rings. The molecule has 1 fully saturated rings. The number of rotatable bonds is 8. The van der Waals surface area contributed by atoms with E-state index in [-0.39, 0.29) is 35.6 Å². The molecule has 2 amide bonds. The lowest BCUT2D eigenvalue weighted by molar-refractivity contribution is -0.388. The number of carbonyl (C=O) groups excluding carboxylic acids is 2. The highest BCUT2D eigenvalue weighted by Gasteiger charge is 2.33. The van der Waals surface area contributed by atoms with E-state index in [1.807, 2.05) is 0 Å². The van der Waals surface area contributed by atoms with Crippen molar-refractivity contribution in [3.63, 3.8) is 0 Å². The van der Waals surface area contributed by atoms with Crippen molar-refractivity contribution < 1.29 is 27.7 Å². The van der Waals surface area contributed by atoms with Gasteiger partial charge in [0.1, 0.15) is 0 Å². The molecule has 1 saturated carbocycles. The maximum absolute atomic E-state index is 12.6. The molecule has 1 aromatic rings. The molecule has 0 unspecified atom stereocenters. The van der Waals surface area contributed by atoms with Crippen molar-refractivity contribution in [2.45, 2.75) is 23.9 Å². The van der Waals surface area contributed by atoms with Gasteiger partial charge in [0.2, 0.25) is 11.8 Å². The van der Waals surface area contributed by atoms with Gasteiger partial charge in [0, 0.05) is 25.1 Å². The zero-order chi connectivity index (χ0) is 19.3. The smallest absolute Gasteiger partial charge is 0.354 e. The van der Waals surface area contributed by atoms with Crippen molar-refractivity contribution in [3.05, 3.63) is 33.9 Å². The van der Waals surface area contributed by atoms with Crippen LogP contribution in [0.5, 0.6) is 0 Å². The van der Waals surface area contributed by atoms with Crippen molar-refractivity contribution in [1.29, 1.82) is 0 Å². The monoisotopic (exact) mass is 391 g/mol. The minimum absolute atomic E-state index is 0.0276. The Hall–Kier alpha value is -2.30. The van der Waals surface area contributed by atoms with E-state index in [0.717, 1.165) is 36.7 Å². The quantitative estimate of drug-likeness (QED) is 0.307. The number of nitrogens with zero attached hydrogens (tertiary/aromatic N) is 1. The molecule has 0 atom stereocenters. The molecule has 0 bridgehead atoms. The van der Waals surface area contributed by atoms with Gasteiger partial charge in [-0.05, 0) is 25.0 Å². The third-order valence-electron chi connectivity index (χ3n) is 3.54. The first-order valence-corrected chi connectivity index (χ1v) is 8.70. The zero-order valence-corrected chi connectivity index (χ0v) is 14.3. The standard InChI is InChI=1S/C15H16F3N3O4S/c16-15(17,18)10-3-4-12(11(7-10)21(24)25)26-8-13(22)19-5-6-20-14(23)9-1-2-9/h3-4,7,9H,1-2,5-6,8H2,(H,19,22)(H,20,23). The molecule has 1 aliphatic carbocycles. The number of nitro groups is 1. The lowest BCUT2D eigenvalue weighted by Crippen LogP contribution is -2.35. The Morgan fingerprint density at radius 2 is 1.88 bits per heavy atom. The summed E-state index contributed by atoms with van der Waals surface area (Å²) in [5, 5.41) is 16.2. The first-order chi connectivity index (χ1) is 12.2. The topological polar surface area (TPSA) is 101 Å².